The fourth-order valence-electron chi connectivity index (χ4n) is 4.02. The highest BCUT2D eigenvalue weighted by Crippen LogP contribution is 2.26. The summed E-state index contributed by atoms with van der Waals surface area (Å²) in [4.78, 5) is 2.40. The minimum atomic E-state index is -0.335. The first kappa shape index (κ1) is 19.1. The van der Waals surface area contributed by atoms with Crippen LogP contribution in [0.15, 0.2) is 60.7 Å². The van der Waals surface area contributed by atoms with Crippen LogP contribution < -0.4 is 5.32 Å². The molecule has 2 aromatic rings. The number of aliphatic hydroxyl groups is 1. The smallest absolute Gasteiger partial charge is 0.0820 e. The second-order valence-corrected chi connectivity index (χ2v) is 7.46. The molecule has 2 N–H and O–H groups in total. The maximum Gasteiger partial charge on any atom is 0.0820 e. The number of hydrogen-bond acceptors (Lipinski definition) is 3. The Hall–Kier alpha value is -1.68. The second-order valence-electron chi connectivity index (χ2n) is 7.46. The quantitative estimate of drug-likeness (QED) is 0.779. The zero-order chi connectivity index (χ0) is 18.4. The standard InChI is InChI=1S/C23H32N2O/c1-3-10-21(20-13-8-5-9-14-20)24-22-15-16-25(17-23(22)26)18(2)19-11-6-4-7-12-19/h4-9,11-14,18,21-24,26H,3,10,15-17H2,1-2H3/t18?,21?,22-,23-/m0/s1. The number of rotatable bonds is 7. The highest BCUT2D eigenvalue weighted by molar-refractivity contribution is 5.20. The van der Waals surface area contributed by atoms with Crippen LogP contribution in [0.3, 0.4) is 0 Å². The van der Waals surface area contributed by atoms with Crippen LogP contribution in [-0.4, -0.2) is 35.2 Å². The zero-order valence-corrected chi connectivity index (χ0v) is 16.0. The Labute approximate surface area is 158 Å². The average molecular weight is 353 g/mol. The van der Waals surface area contributed by atoms with Crippen molar-refractivity contribution in [3.8, 4) is 0 Å². The van der Waals surface area contributed by atoms with Gasteiger partial charge in [-0.3, -0.25) is 4.90 Å². The molecule has 0 aromatic heterocycles. The summed E-state index contributed by atoms with van der Waals surface area (Å²) in [7, 11) is 0. The summed E-state index contributed by atoms with van der Waals surface area (Å²) >= 11 is 0. The van der Waals surface area contributed by atoms with Gasteiger partial charge >= 0.3 is 0 Å². The van der Waals surface area contributed by atoms with Crippen molar-refractivity contribution in [2.75, 3.05) is 13.1 Å². The van der Waals surface area contributed by atoms with Gasteiger partial charge in [-0.1, -0.05) is 74.0 Å². The Morgan fingerprint density at radius 2 is 1.65 bits per heavy atom. The molecule has 0 saturated carbocycles. The Morgan fingerprint density at radius 1 is 1.04 bits per heavy atom. The number of piperidine rings is 1. The van der Waals surface area contributed by atoms with E-state index < -0.39 is 0 Å². The first-order valence-electron chi connectivity index (χ1n) is 9.97. The average Bonchev–Trinajstić information content (AvgIpc) is 2.69. The van der Waals surface area contributed by atoms with Gasteiger partial charge in [-0.05, 0) is 30.9 Å². The van der Waals surface area contributed by atoms with Gasteiger partial charge in [0.2, 0.25) is 0 Å². The van der Waals surface area contributed by atoms with Gasteiger partial charge in [0, 0.05) is 31.2 Å². The van der Waals surface area contributed by atoms with E-state index >= 15 is 0 Å². The molecule has 2 unspecified atom stereocenters. The third kappa shape index (κ3) is 4.73. The Balaban J connectivity index is 1.61. The molecule has 1 fully saturated rings. The van der Waals surface area contributed by atoms with Crippen molar-refractivity contribution >= 4 is 0 Å². The molecule has 3 rings (SSSR count). The molecule has 0 amide bonds. The molecule has 0 radical (unpaired) electrons. The van der Waals surface area contributed by atoms with Crippen LogP contribution in [-0.2, 0) is 0 Å². The lowest BCUT2D eigenvalue weighted by Gasteiger charge is -2.41. The van der Waals surface area contributed by atoms with Crippen molar-refractivity contribution in [1.29, 1.82) is 0 Å². The van der Waals surface area contributed by atoms with Crippen LogP contribution >= 0.6 is 0 Å². The number of nitrogens with one attached hydrogen (secondary N) is 1. The molecule has 1 heterocycles. The molecule has 140 valence electrons. The highest BCUT2D eigenvalue weighted by Gasteiger charge is 2.31. The summed E-state index contributed by atoms with van der Waals surface area (Å²) in [6.45, 7) is 6.19. The lowest BCUT2D eigenvalue weighted by atomic mass is 9.95. The topological polar surface area (TPSA) is 35.5 Å². The van der Waals surface area contributed by atoms with Gasteiger partial charge in [0.1, 0.15) is 0 Å². The summed E-state index contributed by atoms with van der Waals surface area (Å²) in [6, 6.07) is 22.0. The predicted molar refractivity (Wildman–Crippen MR) is 108 cm³/mol. The van der Waals surface area contributed by atoms with Crippen LogP contribution in [0.2, 0.25) is 0 Å². The highest BCUT2D eigenvalue weighted by atomic mass is 16.3. The van der Waals surface area contributed by atoms with E-state index in [0.29, 0.717) is 12.1 Å². The number of nitrogens with zero attached hydrogens (tertiary/aromatic N) is 1. The molecule has 26 heavy (non-hydrogen) atoms. The summed E-state index contributed by atoms with van der Waals surface area (Å²) < 4.78 is 0. The van der Waals surface area contributed by atoms with Crippen molar-refractivity contribution in [2.24, 2.45) is 0 Å². The van der Waals surface area contributed by atoms with Crippen LogP contribution in [0.4, 0.5) is 0 Å². The molecule has 1 aliphatic heterocycles. The van der Waals surface area contributed by atoms with Crippen molar-refractivity contribution in [3.05, 3.63) is 71.8 Å². The molecular weight excluding hydrogens is 320 g/mol. The largest absolute Gasteiger partial charge is 0.390 e. The van der Waals surface area contributed by atoms with E-state index in [2.05, 4.69) is 84.7 Å². The number of hydrogen-bond donors (Lipinski definition) is 2. The molecule has 2 aromatic carbocycles. The summed E-state index contributed by atoms with van der Waals surface area (Å²) in [5.74, 6) is 0. The van der Waals surface area contributed by atoms with Crippen molar-refractivity contribution in [1.82, 2.24) is 10.2 Å². The minimum absolute atomic E-state index is 0.158. The molecule has 0 spiro atoms. The SMILES string of the molecule is CCCC(N[C@H]1CCN(C(C)c2ccccc2)C[C@@H]1O)c1ccccc1. The Bertz CT molecular complexity index is 646. The van der Waals surface area contributed by atoms with Gasteiger partial charge in [0.15, 0.2) is 0 Å². The molecule has 3 heteroatoms. The zero-order valence-electron chi connectivity index (χ0n) is 16.0. The first-order valence-corrected chi connectivity index (χ1v) is 9.97. The Morgan fingerprint density at radius 3 is 2.23 bits per heavy atom. The fourth-order valence-corrected chi connectivity index (χ4v) is 4.02. The molecule has 1 saturated heterocycles. The molecule has 1 aliphatic rings. The van der Waals surface area contributed by atoms with Crippen LogP contribution in [0.1, 0.15) is 56.3 Å². The van der Waals surface area contributed by atoms with E-state index in [0.717, 1.165) is 32.4 Å². The van der Waals surface area contributed by atoms with E-state index in [9.17, 15) is 5.11 Å². The van der Waals surface area contributed by atoms with E-state index in [1.807, 2.05) is 0 Å². The number of aliphatic hydroxyl groups excluding tert-OH is 1. The lowest BCUT2D eigenvalue weighted by Crippen LogP contribution is -2.53. The van der Waals surface area contributed by atoms with Crippen LogP contribution in [0, 0.1) is 0 Å². The number of β-amino-alcohol motifs (C(OH)–C–C–N with tert-alkyl or cyclic N) is 1. The van der Waals surface area contributed by atoms with E-state index in [1.165, 1.54) is 11.1 Å². The fraction of sp³-hybridized carbons (Fsp3) is 0.478. The van der Waals surface area contributed by atoms with Crippen LogP contribution in [0.25, 0.3) is 0 Å². The third-order valence-corrected chi connectivity index (χ3v) is 5.64. The second kappa shape index (κ2) is 9.31. The Kier molecular flexibility index (Phi) is 6.84. The molecular formula is C23H32N2O. The van der Waals surface area contributed by atoms with E-state index in [-0.39, 0.29) is 12.1 Å². The van der Waals surface area contributed by atoms with Crippen molar-refractivity contribution in [2.45, 2.75) is 57.3 Å². The van der Waals surface area contributed by atoms with Crippen molar-refractivity contribution in [3.63, 3.8) is 0 Å². The molecule has 0 bridgehead atoms. The molecule has 3 nitrogen and oxygen atoms in total. The third-order valence-electron chi connectivity index (χ3n) is 5.64. The lowest BCUT2D eigenvalue weighted by molar-refractivity contribution is 0.0194. The number of benzene rings is 2. The van der Waals surface area contributed by atoms with Gasteiger partial charge in [-0.25, -0.2) is 0 Å². The van der Waals surface area contributed by atoms with Gasteiger partial charge in [-0.15, -0.1) is 0 Å². The predicted octanol–water partition coefficient (Wildman–Crippen LogP) is 4.31. The van der Waals surface area contributed by atoms with E-state index in [4.69, 9.17) is 0 Å². The maximum absolute atomic E-state index is 10.8. The van der Waals surface area contributed by atoms with Crippen LogP contribution in [0.5, 0.6) is 0 Å². The van der Waals surface area contributed by atoms with Gasteiger partial charge in [0.05, 0.1) is 6.10 Å². The summed E-state index contributed by atoms with van der Waals surface area (Å²) in [5, 5.41) is 14.5. The molecule has 4 atom stereocenters. The molecule has 0 aliphatic carbocycles. The first-order chi connectivity index (χ1) is 12.7. The van der Waals surface area contributed by atoms with Crippen molar-refractivity contribution < 1.29 is 5.11 Å². The van der Waals surface area contributed by atoms with E-state index in [1.54, 1.807) is 0 Å². The monoisotopic (exact) mass is 352 g/mol. The minimum Gasteiger partial charge on any atom is -0.390 e. The van der Waals surface area contributed by atoms with Gasteiger partial charge < -0.3 is 10.4 Å². The van der Waals surface area contributed by atoms with Gasteiger partial charge in [-0.2, -0.15) is 0 Å². The number of likely N-dealkylation sites (tertiary alicyclic amines) is 1. The summed E-state index contributed by atoms with van der Waals surface area (Å²) in [6.07, 6.45) is 2.87. The maximum atomic E-state index is 10.8. The summed E-state index contributed by atoms with van der Waals surface area (Å²) in [5.41, 5.74) is 2.64. The normalized spacial score (nSPS) is 23.5. The van der Waals surface area contributed by atoms with Gasteiger partial charge in [0.25, 0.3) is 0 Å².